The highest BCUT2D eigenvalue weighted by Crippen LogP contribution is 2.31. The van der Waals surface area contributed by atoms with Gasteiger partial charge in [0.15, 0.2) is 9.84 Å². The minimum absolute atomic E-state index is 0.0817. The van der Waals surface area contributed by atoms with E-state index in [-0.39, 0.29) is 11.1 Å². The molecule has 136 valence electrons. The maximum atomic E-state index is 12.6. The van der Waals surface area contributed by atoms with Crippen LogP contribution >= 0.6 is 0 Å². The molecule has 0 amide bonds. The zero-order valence-corrected chi connectivity index (χ0v) is 13.3. The molecule has 2 nitrogen and oxygen atoms in total. The van der Waals surface area contributed by atoms with Gasteiger partial charge in [-0.15, -0.1) is 0 Å². The van der Waals surface area contributed by atoms with E-state index in [1.807, 2.05) is 0 Å². The number of hydrogen-bond donors (Lipinski definition) is 0. The van der Waals surface area contributed by atoms with Crippen molar-refractivity contribution in [1.82, 2.24) is 0 Å². The molecule has 25 heavy (non-hydrogen) atoms. The van der Waals surface area contributed by atoms with Gasteiger partial charge in [-0.2, -0.15) is 26.3 Å². The van der Waals surface area contributed by atoms with Gasteiger partial charge in [0.25, 0.3) is 0 Å². The van der Waals surface area contributed by atoms with Gasteiger partial charge >= 0.3 is 12.4 Å². The molecule has 0 aliphatic carbocycles. The quantitative estimate of drug-likeness (QED) is 0.710. The van der Waals surface area contributed by atoms with Crippen LogP contribution in [0.3, 0.4) is 0 Å². The standard InChI is InChI=1S/C16H12F6O2S/c17-15(18,19)13-5-1-3-11(7-13)9-25(23,24)10-12-4-2-6-14(8-12)16(20,21)22/h1-8H,9-10H2. The molecular weight excluding hydrogens is 370 g/mol. The van der Waals surface area contributed by atoms with Crippen LogP contribution in [-0.2, 0) is 33.7 Å². The van der Waals surface area contributed by atoms with E-state index in [2.05, 4.69) is 0 Å². The summed E-state index contributed by atoms with van der Waals surface area (Å²) in [6, 6.07) is 7.65. The maximum Gasteiger partial charge on any atom is 0.416 e. The molecule has 0 N–H and O–H groups in total. The van der Waals surface area contributed by atoms with E-state index in [1.54, 1.807) is 0 Å². The zero-order chi connectivity index (χ0) is 18.9. The minimum atomic E-state index is -4.61. The molecule has 2 aromatic carbocycles. The fourth-order valence-electron chi connectivity index (χ4n) is 2.23. The van der Waals surface area contributed by atoms with Crippen molar-refractivity contribution < 1.29 is 34.8 Å². The van der Waals surface area contributed by atoms with Crippen LogP contribution in [-0.4, -0.2) is 8.42 Å². The largest absolute Gasteiger partial charge is 0.416 e. The molecule has 0 aliphatic heterocycles. The molecule has 2 rings (SSSR count). The number of rotatable bonds is 4. The average molecular weight is 382 g/mol. The van der Waals surface area contributed by atoms with Crippen LogP contribution in [0.4, 0.5) is 26.3 Å². The van der Waals surface area contributed by atoms with Crippen LogP contribution in [0.1, 0.15) is 22.3 Å². The number of halogens is 6. The number of hydrogen-bond acceptors (Lipinski definition) is 2. The monoisotopic (exact) mass is 382 g/mol. The summed E-state index contributed by atoms with van der Waals surface area (Å²) in [6.45, 7) is 0. The molecule has 0 aromatic heterocycles. The number of alkyl halides is 6. The Hall–Kier alpha value is -2.03. The lowest BCUT2D eigenvalue weighted by atomic mass is 10.1. The molecule has 0 aliphatic rings. The highest BCUT2D eigenvalue weighted by Gasteiger charge is 2.32. The van der Waals surface area contributed by atoms with Crippen molar-refractivity contribution in [2.45, 2.75) is 23.9 Å². The molecule has 2 aromatic rings. The van der Waals surface area contributed by atoms with Gasteiger partial charge in [-0.05, 0) is 23.3 Å². The highest BCUT2D eigenvalue weighted by atomic mass is 32.2. The third kappa shape index (κ3) is 5.48. The molecule has 0 fully saturated rings. The Balaban J connectivity index is 2.21. The van der Waals surface area contributed by atoms with E-state index in [4.69, 9.17) is 0 Å². The van der Waals surface area contributed by atoms with Crippen molar-refractivity contribution in [3.8, 4) is 0 Å². The van der Waals surface area contributed by atoms with Crippen LogP contribution in [0.2, 0.25) is 0 Å². The molecule has 9 heteroatoms. The third-order valence-corrected chi connectivity index (χ3v) is 4.83. The van der Waals surface area contributed by atoms with Gasteiger partial charge in [0.1, 0.15) is 0 Å². The average Bonchev–Trinajstić information content (AvgIpc) is 2.45. The first-order valence-corrected chi connectivity index (χ1v) is 8.72. The van der Waals surface area contributed by atoms with Crippen LogP contribution < -0.4 is 0 Å². The van der Waals surface area contributed by atoms with Crippen molar-refractivity contribution >= 4 is 9.84 Å². The van der Waals surface area contributed by atoms with E-state index in [9.17, 15) is 34.8 Å². The second-order valence-corrected chi connectivity index (χ2v) is 7.49. The van der Waals surface area contributed by atoms with Crippen LogP contribution in [0.25, 0.3) is 0 Å². The van der Waals surface area contributed by atoms with E-state index in [1.165, 1.54) is 12.1 Å². The van der Waals surface area contributed by atoms with Crippen molar-refractivity contribution in [3.05, 3.63) is 70.8 Å². The Kier molecular flexibility index (Phi) is 5.17. The molecule has 0 radical (unpaired) electrons. The topological polar surface area (TPSA) is 34.1 Å². The predicted octanol–water partition coefficient (Wildman–Crippen LogP) is 4.84. The Morgan fingerprint density at radius 1 is 0.680 bits per heavy atom. The molecule has 0 saturated carbocycles. The highest BCUT2D eigenvalue weighted by molar-refractivity contribution is 7.89. The predicted molar refractivity (Wildman–Crippen MR) is 79.2 cm³/mol. The lowest BCUT2D eigenvalue weighted by Crippen LogP contribution is -2.11. The van der Waals surface area contributed by atoms with Gasteiger partial charge in [0, 0.05) is 0 Å². The summed E-state index contributed by atoms with van der Waals surface area (Å²) in [6.07, 6.45) is -9.22. The SMILES string of the molecule is O=S(=O)(Cc1cccc(C(F)(F)F)c1)Cc1cccc(C(F)(F)F)c1. The second-order valence-electron chi connectivity index (χ2n) is 5.43. The van der Waals surface area contributed by atoms with Gasteiger partial charge in [0.2, 0.25) is 0 Å². The van der Waals surface area contributed by atoms with Crippen molar-refractivity contribution in [3.63, 3.8) is 0 Å². The summed E-state index contributed by atoms with van der Waals surface area (Å²) in [4.78, 5) is 0. The van der Waals surface area contributed by atoms with E-state index in [0.29, 0.717) is 12.1 Å². The van der Waals surface area contributed by atoms with Gasteiger partial charge in [-0.3, -0.25) is 0 Å². The van der Waals surface area contributed by atoms with Crippen LogP contribution in [0, 0.1) is 0 Å². The summed E-state index contributed by atoms with van der Waals surface area (Å²) in [7, 11) is -3.95. The fraction of sp³-hybridized carbons (Fsp3) is 0.250. The lowest BCUT2D eigenvalue weighted by molar-refractivity contribution is -0.138. The molecule has 0 unspecified atom stereocenters. The van der Waals surface area contributed by atoms with Crippen LogP contribution in [0.15, 0.2) is 48.5 Å². The number of benzene rings is 2. The Bertz CT molecular complexity index is 788. The summed E-state index contributed by atoms with van der Waals surface area (Å²) in [5.41, 5.74) is -2.14. The molecule has 0 bridgehead atoms. The minimum Gasteiger partial charge on any atom is -0.228 e. The molecule has 0 saturated heterocycles. The van der Waals surface area contributed by atoms with Gasteiger partial charge in [-0.1, -0.05) is 36.4 Å². The molecule has 0 spiro atoms. The third-order valence-electron chi connectivity index (χ3n) is 3.28. The van der Waals surface area contributed by atoms with Gasteiger partial charge < -0.3 is 0 Å². The first kappa shape index (κ1) is 19.3. The first-order chi connectivity index (χ1) is 11.4. The fourth-order valence-corrected chi connectivity index (χ4v) is 3.71. The van der Waals surface area contributed by atoms with E-state index < -0.39 is 44.8 Å². The lowest BCUT2D eigenvalue weighted by Gasteiger charge is -2.11. The van der Waals surface area contributed by atoms with Gasteiger partial charge in [-0.25, -0.2) is 8.42 Å². The summed E-state index contributed by atoms with van der Waals surface area (Å²) in [5.74, 6) is -1.40. The zero-order valence-electron chi connectivity index (χ0n) is 12.5. The maximum absolute atomic E-state index is 12.6. The summed E-state index contributed by atoms with van der Waals surface area (Å²) in [5, 5.41) is 0. The number of sulfone groups is 1. The normalized spacial score (nSPS) is 13.0. The Morgan fingerprint density at radius 2 is 1.04 bits per heavy atom. The first-order valence-electron chi connectivity index (χ1n) is 6.89. The van der Waals surface area contributed by atoms with Crippen molar-refractivity contribution in [1.29, 1.82) is 0 Å². The van der Waals surface area contributed by atoms with Crippen molar-refractivity contribution in [2.24, 2.45) is 0 Å². The summed E-state index contributed by atoms with van der Waals surface area (Å²) < 4.78 is 100. The smallest absolute Gasteiger partial charge is 0.228 e. The molecular formula is C16H12F6O2S. The van der Waals surface area contributed by atoms with E-state index >= 15 is 0 Å². The molecule has 0 atom stereocenters. The Labute approximate surface area is 140 Å². The van der Waals surface area contributed by atoms with Gasteiger partial charge in [0.05, 0.1) is 22.6 Å². The molecule has 0 heterocycles. The van der Waals surface area contributed by atoms with Crippen LogP contribution in [0.5, 0.6) is 0 Å². The Morgan fingerprint density at radius 3 is 1.36 bits per heavy atom. The summed E-state index contributed by atoms with van der Waals surface area (Å²) >= 11 is 0. The van der Waals surface area contributed by atoms with E-state index in [0.717, 1.165) is 24.3 Å². The second kappa shape index (κ2) is 6.70. The van der Waals surface area contributed by atoms with Crippen molar-refractivity contribution in [2.75, 3.05) is 0 Å².